The number of carbonyl (C=O) groups excluding carboxylic acids is 1. The Morgan fingerprint density at radius 1 is 1.00 bits per heavy atom. The fourth-order valence-electron chi connectivity index (χ4n) is 3.34. The number of hydrogen-bond donors (Lipinski definition) is 0. The quantitative estimate of drug-likeness (QED) is 0.618. The zero-order chi connectivity index (χ0) is 17.6. The van der Waals surface area contributed by atoms with E-state index in [9.17, 15) is 4.79 Å². The van der Waals surface area contributed by atoms with Crippen LogP contribution >= 0.6 is 0 Å². The normalized spacial score (nSPS) is 21.6. The van der Waals surface area contributed by atoms with Crippen molar-refractivity contribution in [3.8, 4) is 0 Å². The smallest absolute Gasteiger partial charge is 0.403 e. The summed E-state index contributed by atoms with van der Waals surface area (Å²) in [4.78, 5) is 12.1. The molecule has 0 bridgehead atoms. The molecule has 4 heteroatoms. The molecule has 24 heavy (non-hydrogen) atoms. The third-order valence-corrected chi connectivity index (χ3v) is 5.56. The van der Waals surface area contributed by atoms with E-state index < -0.39 is 12.5 Å². The lowest BCUT2D eigenvalue weighted by molar-refractivity contribution is -0.111. The predicted octanol–water partition coefficient (Wildman–Crippen LogP) is 4.39. The Balaban J connectivity index is 1.97. The van der Waals surface area contributed by atoms with Crippen LogP contribution in [0.15, 0.2) is 42.5 Å². The molecule has 0 aromatic heterocycles. The summed E-state index contributed by atoms with van der Waals surface area (Å²) in [6, 6.07) is 14.3. The van der Waals surface area contributed by atoms with Crippen molar-refractivity contribution in [2.75, 3.05) is 0 Å². The second kappa shape index (κ2) is 5.71. The van der Waals surface area contributed by atoms with Crippen LogP contribution in [-0.2, 0) is 19.5 Å². The van der Waals surface area contributed by atoms with Crippen molar-refractivity contribution in [3.05, 3.63) is 48.0 Å². The first-order valence-electron chi connectivity index (χ1n) is 8.49. The summed E-state index contributed by atoms with van der Waals surface area (Å²) in [6.07, 6.45) is 1.52. The topological polar surface area (TPSA) is 35.5 Å². The minimum absolute atomic E-state index is 0.389. The fourth-order valence-corrected chi connectivity index (χ4v) is 3.34. The maximum absolute atomic E-state index is 12.1. The number of benzene rings is 2. The van der Waals surface area contributed by atoms with Gasteiger partial charge in [0.15, 0.2) is 0 Å². The fraction of sp³-hybridized carbons (Fsp3) is 0.450. The van der Waals surface area contributed by atoms with Gasteiger partial charge in [-0.1, -0.05) is 42.5 Å². The van der Waals surface area contributed by atoms with E-state index in [1.54, 1.807) is 0 Å². The van der Waals surface area contributed by atoms with E-state index in [0.29, 0.717) is 6.32 Å². The zero-order valence-corrected chi connectivity index (χ0v) is 15.1. The highest BCUT2D eigenvalue weighted by Crippen LogP contribution is 2.41. The molecule has 1 fully saturated rings. The van der Waals surface area contributed by atoms with Crippen molar-refractivity contribution < 1.29 is 14.1 Å². The minimum Gasteiger partial charge on any atom is -0.403 e. The molecule has 1 atom stereocenters. The number of rotatable bonds is 4. The minimum atomic E-state index is -0.665. The molecular formula is C20H25BO3. The average molecular weight is 324 g/mol. The molecule has 0 spiro atoms. The van der Waals surface area contributed by atoms with Crippen molar-refractivity contribution in [3.63, 3.8) is 0 Å². The maximum Gasteiger partial charge on any atom is 0.459 e. The molecule has 2 aromatic rings. The van der Waals surface area contributed by atoms with E-state index in [1.807, 2.05) is 58.9 Å². The Bertz CT molecular complexity index is 747. The Morgan fingerprint density at radius 3 is 2.21 bits per heavy atom. The van der Waals surface area contributed by atoms with Crippen LogP contribution in [0, 0.1) is 0 Å². The zero-order valence-electron chi connectivity index (χ0n) is 15.1. The first-order valence-corrected chi connectivity index (χ1v) is 8.49. The maximum atomic E-state index is 12.1. The molecule has 1 heterocycles. The molecule has 1 aliphatic rings. The van der Waals surface area contributed by atoms with E-state index >= 15 is 0 Å². The van der Waals surface area contributed by atoms with Gasteiger partial charge in [-0.25, -0.2) is 0 Å². The summed E-state index contributed by atoms with van der Waals surface area (Å²) in [5.41, 5.74) is -0.423. The highest BCUT2D eigenvalue weighted by molar-refractivity contribution is 6.46. The van der Waals surface area contributed by atoms with Crippen LogP contribution in [0.4, 0.5) is 0 Å². The van der Waals surface area contributed by atoms with E-state index in [2.05, 4.69) is 18.2 Å². The molecule has 0 N–H and O–H groups in total. The summed E-state index contributed by atoms with van der Waals surface area (Å²) >= 11 is 0. The van der Waals surface area contributed by atoms with Gasteiger partial charge in [0.05, 0.1) is 11.2 Å². The molecule has 126 valence electrons. The van der Waals surface area contributed by atoms with Gasteiger partial charge in [0.2, 0.25) is 0 Å². The van der Waals surface area contributed by atoms with Crippen molar-refractivity contribution in [2.24, 2.45) is 0 Å². The molecule has 1 aliphatic heterocycles. The van der Waals surface area contributed by atoms with Crippen molar-refractivity contribution in [1.29, 1.82) is 0 Å². The van der Waals surface area contributed by atoms with Gasteiger partial charge in [-0.3, -0.25) is 0 Å². The van der Waals surface area contributed by atoms with Gasteiger partial charge >= 0.3 is 7.12 Å². The molecule has 3 rings (SSSR count). The average Bonchev–Trinajstić information content (AvgIpc) is 2.73. The van der Waals surface area contributed by atoms with Crippen LogP contribution < -0.4 is 0 Å². The summed E-state index contributed by atoms with van der Waals surface area (Å²) in [5.74, 6) is 0. The molecule has 1 saturated heterocycles. The molecule has 0 radical (unpaired) electrons. The van der Waals surface area contributed by atoms with Crippen LogP contribution in [0.3, 0.4) is 0 Å². The third-order valence-electron chi connectivity index (χ3n) is 5.56. The SMILES string of the molecule is CC(C=O)(CB1OC(C)(C)C(C)(C)O1)c1cccc2ccccc12. The van der Waals surface area contributed by atoms with Crippen molar-refractivity contribution in [2.45, 2.75) is 57.6 Å². The first-order chi connectivity index (χ1) is 11.2. The van der Waals surface area contributed by atoms with Gasteiger partial charge in [0.1, 0.15) is 6.29 Å². The summed E-state index contributed by atoms with van der Waals surface area (Å²) < 4.78 is 12.2. The Morgan fingerprint density at radius 2 is 1.58 bits per heavy atom. The number of carbonyl (C=O) groups is 1. The second-order valence-corrected chi connectivity index (χ2v) is 7.95. The lowest BCUT2D eigenvalue weighted by atomic mass is 9.65. The van der Waals surface area contributed by atoms with E-state index in [-0.39, 0.29) is 11.2 Å². The van der Waals surface area contributed by atoms with E-state index in [1.165, 1.54) is 0 Å². The Hall–Kier alpha value is -1.65. The first kappa shape index (κ1) is 17.2. The summed E-state index contributed by atoms with van der Waals surface area (Å²) in [5, 5.41) is 2.24. The van der Waals surface area contributed by atoms with Gasteiger partial charge in [-0.15, -0.1) is 0 Å². The summed E-state index contributed by atoms with van der Waals surface area (Å²) in [7, 11) is -0.399. The third kappa shape index (κ3) is 2.78. The molecular weight excluding hydrogens is 299 g/mol. The van der Waals surface area contributed by atoms with Crippen LogP contribution in [0.25, 0.3) is 10.8 Å². The van der Waals surface area contributed by atoms with Gasteiger partial charge in [-0.05, 0) is 57.3 Å². The summed E-state index contributed by atoms with van der Waals surface area (Å²) in [6.45, 7) is 10.1. The van der Waals surface area contributed by atoms with Gasteiger partial charge < -0.3 is 14.1 Å². The molecule has 1 unspecified atom stereocenters. The van der Waals surface area contributed by atoms with E-state index in [0.717, 1.165) is 22.6 Å². The monoisotopic (exact) mass is 324 g/mol. The molecule has 0 aliphatic carbocycles. The lowest BCUT2D eigenvalue weighted by Crippen LogP contribution is -2.41. The molecule has 0 saturated carbocycles. The van der Waals surface area contributed by atoms with Crippen LogP contribution in [0.1, 0.15) is 40.2 Å². The Kier molecular flexibility index (Phi) is 4.09. The number of aldehydes is 1. The molecule has 2 aromatic carbocycles. The van der Waals surface area contributed by atoms with Crippen LogP contribution in [0.2, 0.25) is 6.32 Å². The predicted molar refractivity (Wildman–Crippen MR) is 98.3 cm³/mol. The molecule has 3 nitrogen and oxygen atoms in total. The Labute approximate surface area is 144 Å². The largest absolute Gasteiger partial charge is 0.459 e. The highest BCUT2D eigenvalue weighted by atomic mass is 16.7. The van der Waals surface area contributed by atoms with Crippen molar-refractivity contribution in [1.82, 2.24) is 0 Å². The second-order valence-electron chi connectivity index (χ2n) is 7.95. The number of fused-ring (bicyclic) bond motifs is 1. The number of hydrogen-bond acceptors (Lipinski definition) is 3. The highest BCUT2D eigenvalue weighted by Gasteiger charge is 2.53. The van der Waals surface area contributed by atoms with Gasteiger partial charge in [-0.2, -0.15) is 0 Å². The standard InChI is InChI=1S/C20H25BO3/c1-18(2)19(3,4)24-21(23-18)13-20(5,14-22)17-12-8-10-15-9-6-7-11-16(15)17/h6-12,14H,13H2,1-5H3. The van der Waals surface area contributed by atoms with Gasteiger partial charge in [0.25, 0.3) is 0 Å². The van der Waals surface area contributed by atoms with Crippen LogP contribution in [0.5, 0.6) is 0 Å². The molecule has 0 amide bonds. The van der Waals surface area contributed by atoms with Gasteiger partial charge in [0, 0.05) is 5.41 Å². The van der Waals surface area contributed by atoms with E-state index in [4.69, 9.17) is 9.31 Å². The lowest BCUT2D eigenvalue weighted by Gasteiger charge is -2.32. The van der Waals surface area contributed by atoms with Crippen LogP contribution in [-0.4, -0.2) is 24.6 Å². The van der Waals surface area contributed by atoms with Crippen molar-refractivity contribution >= 4 is 24.2 Å².